The summed E-state index contributed by atoms with van der Waals surface area (Å²) in [6.07, 6.45) is 0.877. The maximum absolute atomic E-state index is 10.8. The number of hydrogen-bond acceptors (Lipinski definition) is 5. The first-order valence-electron chi connectivity index (χ1n) is 7.33. The molecule has 0 spiro atoms. The van der Waals surface area contributed by atoms with Crippen molar-refractivity contribution in [3.63, 3.8) is 0 Å². The fourth-order valence-corrected chi connectivity index (χ4v) is 3.17. The molecule has 3 aromatic rings. The number of aromatic amines is 1. The fourth-order valence-electron chi connectivity index (χ4n) is 3.17. The minimum absolute atomic E-state index is 0. The summed E-state index contributed by atoms with van der Waals surface area (Å²) in [6, 6.07) is 8.72. The average Bonchev–Trinajstić information content (AvgIpc) is 3.18. The van der Waals surface area contributed by atoms with Crippen molar-refractivity contribution in [2.24, 2.45) is 0 Å². The molecule has 0 saturated heterocycles. The molecule has 2 aromatic heterocycles. The smallest absolute Gasteiger partial charge is 0.433 e. The molecule has 1 unspecified atom stereocenters. The number of nitrogens with one attached hydrogen (secondary N) is 2. The predicted molar refractivity (Wildman–Crippen MR) is 91.0 cm³/mol. The molecule has 0 aliphatic carbocycles. The molecule has 1 aliphatic heterocycles. The Morgan fingerprint density at radius 3 is 2.88 bits per heavy atom. The zero-order valence-corrected chi connectivity index (χ0v) is 13.7. The van der Waals surface area contributed by atoms with Gasteiger partial charge in [-0.1, -0.05) is 0 Å². The molecule has 24 heavy (non-hydrogen) atoms. The van der Waals surface area contributed by atoms with Gasteiger partial charge in [-0.05, 0) is 36.2 Å². The van der Waals surface area contributed by atoms with Crippen molar-refractivity contribution in [2.45, 2.75) is 12.5 Å². The summed E-state index contributed by atoms with van der Waals surface area (Å²) in [7, 11) is 1.65. The number of aromatic nitrogens is 1. The lowest BCUT2D eigenvalue weighted by molar-refractivity contribution is -0.402. The number of benzene rings is 1. The first kappa shape index (κ1) is 16.4. The highest BCUT2D eigenvalue weighted by molar-refractivity contribution is 5.86. The summed E-state index contributed by atoms with van der Waals surface area (Å²) >= 11 is 0. The molecule has 0 bridgehead atoms. The summed E-state index contributed by atoms with van der Waals surface area (Å²) in [6.45, 7) is 0.774. The van der Waals surface area contributed by atoms with E-state index in [1.165, 1.54) is 11.6 Å². The van der Waals surface area contributed by atoms with E-state index < -0.39 is 4.92 Å². The van der Waals surface area contributed by atoms with Crippen molar-refractivity contribution < 1.29 is 14.1 Å². The SMILES string of the molecule is COc1ccc2[nH]c3c(c2c1)CCNC3c1ccc([N+](=O)[O-])o1.Cl. The lowest BCUT2D eigenvalue weighted by Crippen LogP contribution is -2.30. The molecule has 1 aromatic carbocycles. The Morgan fingerprint density at radius 2 is 2.17 bits per heavy atom. The second-order valence-electron chi connectivity index (χ2n) is 5.50. The molecule has 0 amide bonds. The molecule has 7 nitrogen and oxygen atoms in total. The maximum Gasteiger partial charge on any atom is 0.433 e. The van der Waals surface area contributed by atoms with Crippen molar-refractivity contribution in [1.29, 1.82) is 0 Å². The number of halogens is 1. The largest absolute Gasteiger partial charge is 0.497 e. The Kier molecular flexibility index (Phi) is 4.21. The maximum atomic E-state index is 10.8. The third-order valence-electron chi connectivity index (χ3n) is 4.24. The van der Waals surface area contributed by atoms with E-state index in [2.05, 4.69) is 10.3 Å². The van der Waals surface area contributed by atoms with Crippen molar-refractivity contribution in [2.75, 3.05) is 13.7 Å². The van der Waals surface area contributed by atoms with E-state index in [1.54, 1.807) is 13.2 Å². The van der Waals surface area contributed by atoms with Gasteiger partial charge in [0.25, 0.3) is 0 Å². The van der Waals surface area contributed by atoms with E-state index in [1.807, 2.05) is 18.2 Å². The molecule has 8 heteroatoms. The summed E-state index contributed by atoms with van der Waals surface area (Å²) in [5, 5.41) is 15.3. The number of fused-ring (bicyclic) bond motifs is 3. The fraction of sp³-hybridized carbons (Fsp3) is 0.250. The van der Waals surface area contributed by atoms with Crippen LogP contribution in [0.2, 0.25) is 0 Å². The van der Waals surface area contributed by atoms with Gasteiger partial charge in [0.15, 0.2) is 0 Å². The highest BCUT2D eigenvalue weighted by atomic mass is 35.5. The summed E-state index contributed by atoms with van der Waals surface area (Å²) in [5.41, 5.74) is 3.20. The van der Waals surface area contributed by atoms with Gasteiger partial charge in [-0.15, -0.1) is 12.4 Å². The first-order valence-corrected chi connectivity index (χ1v) is 7.33. The Morgan fingerprint density at radius 1 is 1.33 bits per heavy atom. The molecule has 1 aliphatic rings. The Bertz CT molecular complexity index is 902. The van der Waals surface area contributed by atoms with E-state index in [0.717, 1.165) is 35.3 Å². The van der Waals surface area contributed by atoms with Crippen molar-refractivity contribution in [3.05, 3.63) is 57.5 Å². The standard InChI is InChI=1S/C16H15N3O4.ClH/c1-22-9-2-3-12-11(8-9)10-6-7-17-16(15(10)18-12)13-4-5-14(23-13)19(20)21;/h2-5,8,16-18H,6-7H2,1H3;1H. The number of furan rings is 1. The third-order valence-corrected chi connectivity index (χ3v) is 4.24. The van der Waals surface area contributed by atoms with Gasteiger partial charge < -0.3 is 19.5 Å². The van der Waals surface area contributed by atoms with Gasteiger partial charge in [-0.2, -0.15) is 0 Å². The summed E-state index contributed by atoms with van der Waals surface area (Å²) in [5.74, 6) is 1.10. The van der Waals surface area contributed by atoms with Gasteiger partial charge in [0, 0.05) is 23.1 Å². The number of rotatable bonds is 3. The lowest BCUT2D eigenvalue weighted by atomic mass is 9.98. The predicted octanol–water partition coefficient (Wildman–Crippen LogP) is 3.33. The van der Waals surface area contributed by atoms with E-state index >= 15 is 0 Å². The third kappa shape index (κ3) is 2.51. The molecule has 0 saturated carbocycles. The number of H-pyrrole nitrogens is 1. The Balaban J connectivity index is 0.00000169. The summed E-state index contributed by atoms with van der Waals surface area (Å²) < 4.78 is 10.7. The van der Waals surface area contributed by atoms with Gasteiger partial charge in [-0.25, -0.2) is 0 Å². The Labute approximate surface area is 143 Å². The van der Waals surface area contributed by atoms with Gasteiger partial charge in [0.2, 0.25) is 0 Å². The number of methoxy groups -OCH3 is 1. The van der Waals surface area contributed by atoms with E-state index in [9.17, 15) is 10.1 Å². The van der Waals surface area contributed by atoms with Crippen LogP contribution in [0.4, 0.5) is 5.88 Å². The molecule has 2 N–H and O–H groups in total. The number of ether oxygens (including phenoxy) is 1. The molecular formula is C16H16ClN3O4. The minimum atomic E-state index is -0.524. The van der Waals surface area contributed by atoms with Crippen LogP contribution in [0.25, 0.3) is 10.9 Å². The van der Waals surface area contributed by atoms with E-state index in [-0.39, 0.29) is 24.3 Å². The van der Waals surface area contributed by atoms with E-state index in [0.29, 0.717) is 5.76 Å². The quantitative estimate of drug-likeness (QED) is 0.558. The zero-order chi connectivity index (χ0) is 16.0. The van der Waals surface area contributed by atoms with E-state index in [4.69, 9.17) is 9.15 Å². The van der Waals surface area contributed by atoms with Crippen LogP contribution in [0.3, 0.4) is 0 Å². The topological polar surface area (TPSA) is 93.3 Å². The van der Waals surface area contributed by atoms with Gasteiger partial charge in [0.1, 0.15) is 22.5 Å². The van der Waals surface area contributed by atoms with Gasteiger partial charge in [-0.3, -0.25) is 10.1 Å². The average molecular weight is 350 g/mol. The molecule has 1 atom stereocenters. The lowest BCUT2D eigenvalue weighted by Gasteiger charge is -2.22. The second-order valence-corrected chi connectivity index (χ2v) is 5.50. The van der Waals surface area contributed by atoms with Crippen molar-refractivity contribution in [3.8, 4) is 5.75 Å². The van der Waals surface area contributed by atoms with Crippen LogP contribution in [0, 0.1) is 10.1 Å². The minimum Gasteiger partial charge on any atom is -0.497 e. The van der Waals surface area contributed by atoms with Crippen LogP contribution in [0.1, 0.15) is 23.1 Å². The van der Waals surface area contributed by atoms with Crippen LogP contribution in [-0.4, -0.2) is 23.6 Å². The number of hydrogen-bond donors (Lipinski definition) is 2. The molecular weight excluding hydrogens is 334 g/mol. The van der Waals surface area contributed by atoms with Crippen LogP contribution < -0.4 is 10.1 Å². The van der Waals surface area contributed by atoms with Gasteiger partial charge >= 0.3 is 5.88 Å². The molecule has 4 rings (SSSR count). The Hall–Kier alpha value is -2.51. The number of nitrogens with zero attached hydrogens (tertiary/aromatic N) is 1. The van der Waals surface area contributed by atoms with Crippen LogP contribution in [0.15, 0.2) is 34.7 Å². The normalized spacial score (nSPS) is 16.5. The van der Waals surface area contributed by atoms with Gasteiger partial charge in [0.05, 0.1) is 13.2 Å². The summed E-state index contributed by atoms with van der Waals surface area (Å²) in [4.78, 5) is 13.7. The zero-order valence-electron chi connectivity index (χ0n) is 12.9. The van der Waals surface area contributed by atoms with Crippen molar-refractivity contribution >= 4 is 29.2 Å². The molecule has 3 heterocycles. The monoisotopic (exact) mass is 349 g/mol. The molecule has 0 fully saturated rings. The molecule has 126 valence electrons. The highest BCUT2D eigenvalue weighted by Crippen LogP contribution is 2.36. The van der Waals surface area contributed by atoms with Crippen LogP contribution >= 0.6 is 12.4 Å². The first-order chi connectivity index (χ1) is 11.2. The van der Waals surface area contributed by atoms with Crippen molar-refractivity contribution in [1.82, 2.24) is 10.3 Å². The number of nitro groups is 1. The highest BCUT2D eigenvalue weighted by Gasteiger charge is 2.29. The van der Waals surface area contributed by atoms with Crippen LogP contribution in [-0.2, 0) is 6.42 Å². The van der Waals surface area contributed by atoms with Crippen LogP contribution in [0.5, 0.6) is 5.75 Å². The molecule has 0 radical (unpaired) electrons. The second kappa shape index (κ2) is 6.18.